The van der Waals surface area contributed by atoms with Gasteiger partial charge in [0, 0.05) is 18.9 Å². The Bertz CT molecular complexity index is 938. The van der Waals surface area contributed by atoms with Crippen molar-refractivity contribution in [2.45, 2.75) is 26.0 Å². The van der Waals surface area contributed by atoms with E-state index in [1.807, 2.05) is 30.3 Å². The molecule has 0 aliphatic rings. The van der Waals surface area contributed by atoms with Gasteiger partial charge in [-0.1, -0.05) is 35.5 Å². The first kappa shape index (κ1) is 19.1. The number of ether oxygens (including phenoxy) is 1. The number of primary amides is 1. The number of hydrogen-bond acceptors (Lipinski definition) is 6. The second kappa shape index (κ2) is 8.81. The molecule has 0 radical (unpaired) electrons. The summed E-state index contributed by atoms with van der Waals surface area (Å²) in [6.07, 6.45) is 0.327. The molecule has 1 aromatic heterocycles. The van der Waals surface area contributed by atoms with Crippen LogP contribution in [0.5, 0.6) is 5.75 Å². The van der Waals surface area contributed by atoms with Gasteiger partial charge in [-0.2, -0.15) is 4.98 Å². The topological polar surface area (TPSA) is 120 Å². The Morgan fingerprint density at radius 3 is 2.46 bits per heavy atom. The SMILES string of the molecule is Cc1nc(COc2ccc(C(=O)NC(Cc3ccccc3)C(N)=O)cc2)no1. The average molecular weight is 380 g/mol. The zero-order valence-corrected chi connectivity index (χ0v) is 15.3. The molecule has 8 heteroatoms. The molecule has 2 aromatic carbocycles. The van der Waals surface area contributed by atoms with Gasteiger partial charge in [0.1, 0.15) is 11.8 Å². The largest absolute Gasteiger partial charge is 0.485 e. The van der Waals surface area contributed by atoms with E-state index in [9.17, 15) is 9.59 Å². The number of rotatable bonds is 8. The third-order valence-corrected chi connectivity index (χ3v) is 3.99. The third kappa shape index (κ3) is 5.16. The summed E-state index contributed by atoms with van der Waals surface area (Å²) in [5.74, 6) is 0.469. The summed E-state index contributed by atoms with van der Waals surface area (Å²) in [5, 5.41) is 6.42. The number of nitrogens with two attached hydrogens (primary N) is 1. The Morgan fingerprint density at radius 2 is 1.86 bits per heavy atom. The molecule has 1 atom stereocenters. The highest BCUT2D eigenvalue weighted by Gasteiger charge is 2.19. The number of nitrogens with zero attached hydrogens (tertiary/aromatic N) is 2. The second-order valence-electron chi connectivity index (χ2n) is 6.16. The second-order valence-corrected chi connectivity index (χ2v) is 6.16. The first-order valence-electron chi connectivity index (χ1n) is 8.67. The highest BCUT2D eigenvalue weighted by atomic mass is 16.5. The molecule has 0 fully saturated rings. The van der Waals surface area contributed by atoms with Gasteiger partial charge in [0.15, 0.2) is 6.61 Å². The maximum atomic E-state index is 12.5. The zero-order chi connectivity index (χ0) is 19.9. The van der Waals surface area contributed by atoms with Crippen LogP contribution in [0.4, 0.5) is 0 Å². The zero-order valence-electron chi connectivity index (χ0n) is 15.3. The highest BCUT2D eigenvalue weighted by molar-refractivity contribution is 5.97. The molecule has 2 amide bonds. The number of carbonyl (C=O) groups is 2. The van der Waals surface area contributed by atoms with E-state index in [0.29, 0.717) is 29.4 Å². The van der Waals surface area contributed by atoms with Crippen LogP contribution in [0.2, 0.25) is 0 Å². The van der Waals surface area contributed by atoms with Crippen LogP contribution in [0, 0.1) is 6.92 Å². The lowest BCUT2D eigenvalue weighted by Crippen LogP contribution is -2.45. The fourth-order valence-corrected chi connectivity index (χ4v) is 2.56. The molecular weight excluding hydrogens is 360 g/mol. The molecule has 0 aliphatic carbocycles. The Hall–Kier alpha value is -3.68. The molecule has 1 unspecified atom stereocenters. The highest BCUT2D eigenvalue weighted by Crippen LogP contribution is 2.14. The van der Waals surface area contributed by atoms with Gasteiger partial charge in [0.05, 0.1) is 0 Å². The van der Waals surface area contributed by atoms with E-state index in [-0.39, 0.29) is 12.5 Å². The molecule has 3 rings (SSSR count). The Kier molecular flexibility index (Phi) is 6.01. The predicted molar refractivity (Wildman–Crippen MR) is 100 cm³/mol. The number of nitrogens with one attached hydrogen (secondary N) is 1. The normalized spacial score (nSPS) is 11.6. The van der Waals surface area contributed by atoms with Gasteiger partial charge in [-0.25, -0.2) is 0 Å². The summed E-state index contributed by atoms with van der Waals surface area (Å²) in [6, 6.07) is 15.1. The van der Waals surface area contributed by atoms with Crippen LogP contribution in [0.15, 0.2) is 59.1 Å². The van der Waals surface area contributed by atoms with Crippen molar-refractivity contribution in [3.63, 3.8) is 0 Å². The maximum absolute atomic E-state index is 12.5. The molecule has 0 saturated carbocycles. The van der Waals surface area contributed by atoms with Gasteiger partial charge >= 0.3 is 0 Å². The van der Waals surface area contributed by atoms with Crippen LogP contribution in [-0.2, 0) is 17.8 Å². The smallest absolute Gasteiger partial charge is 0.251 e. The number of carbonyl (C=O) groups excluding carboxylic acids is 2. The molecule has 3 aromatic rings. The van der Waals surface area contributed by atoms with Gasteiger partial charge in [0.25, 0.3) is 5.91 Å². The molecule has 8 nitrogen and oxygen atoms in total. The quantitative estimate of drug-likeness (QED) is 0.615. The summed E-state index contributed by atoms with van der Waals surface area (Å²) < 4.78 is 10.4. The molecule has 1 heterocycles. The molecule has 0 aliphatic heterocycles. The predicted octanol–water partition coefficient (Wildman–Crippen LogP) is 1.78. The van der Waals surface area contributed by atoms with Gasteiger partial charge in [-0.15, -0.1) is 0 Å². The summed E-state index contributed by atoms with van der Waals surface area (Å²) in [5.41, 5.74) is 6.74. The first-order valence-corrected chi connectivity index (χ1v) is 8.67. The van der Waals surface area contributed by atoms with Crippen molar-refractivity contribution in [3.05, 3.63) is 77.4 Å². The van der Waals surface area contributed by atoms with Crippen molar-refractivity contribution in [2.75, 3.05) is 0 Å². The number of aryl methyl sites for hydroxylation is 1. The average Bonchev–Trinajstić information content (AvgIpc) is 3.12. The van der Waals surface area contributed by atoms with Crippen LogP contribution in [0.1, 0.15) is 27.6 Å². The Morgan fingerprint density at radius 1 is 1.14 bits per heavy atom. The lowest BCUT2D eigenvalue weighted by molar-refractivity contribution is -0.119. The van der Waals surface area contributed by atoms with Crippen LogP contribution in [0.25, 0.3) is 0 Å². The van der Waals surface area contributed by atoms with E-state index in [0.717, 1.165) is 5.56 Å². The summed E-state index contributed by atoms with van der Waals surface area (Å²) in [7, 11) is 0. The molecule has 144 valence electrons. The monoisotopic (exact) mass is 380 g/mol. The van der Waals surface area contributed by atoms with Crippen molar-refractivity contribution >= 4 is 11.8 Å². The molecule has 0 spiro atoms. The lowest BCUT2D eigenvalue weighted by Gasteiger charge is -2.16. The Balaban J connectivity index is 1.58. The van der Waals surface area contributed by atoms with Gasteiger partial charge in [0.2, 0.25) is 17.6 Å². The minimum absolute atomic E-state index is 0.156. The van der Waals surface area contributed by atoms with Gasteiger partial charge in [-0.05, 0) is 29.8 Å². The van der Waals surface area contributed by atoms with E-state index in [1.165, 1.54) is 0 Å². The standard InChI is InChI=1S/C20H20N4O4/c1-13-22-18(24-28-13)12-27-16-9-7-15(8-10-16)20(26)23-17(19(21)25)11-14-5-3-2-4-6-14/h2-10,17H,11-12H2,1H3,(H2,21,25)(H,23,26). The van der Waals surface area contributed by atoms with E-state index in [2.05, 4.69) is 15.5 Å². The van der Waals surface area contributed by atoms with Gasteiger partial charge < -0.3 is 20.3 Å². The fraction of sp³-hybridized carbons (Fsp3) is 0.200. The van der Waals surface area contributed by atoms with Crippen LogP contribution >= 0.6 is 0 Å². The van der Waals surface area contributed by atoms with Crippen molar-refractivity contribution in [1.29, 1.82) is 0 Å². The maximum Gasteiger partial charge on any atom is 0.251 e. The van der Waals surface area contributed by atoms with E-state index < -0.39 is 11.9 Å². The third-order valence-electron chi connectivity index (χ3n) is 3.99. The number of amides is 2. The lowest BCUT2D eigenvalue weighted by atomic mass is 10.0. The Labute approximate surface area is 161 Å². The fourth-order valence-electron chi connectivity index (χ4n) is 2.56. The number of aromatic nitrogens is 2. The van der Waals surface area contributed by atoms with Crippen LogP contribution in [-0.4, -0.2) is 28.0 Å². The van der Waals surface area contributed by atoms with E-state index in [1.54, 1.807) is 31.2 Å². The molecular formula is C20H20N4O4. The molecule has 0 bridgehead atoms. The van der Waals surface area contributed by atoms with Crippen molar-refractivity contribution < 1.29 is 18.8 Å². The first-order chi connectivity index (χ1) is 13.5. The van der Waals surface area contributed by atoms with Crippen molar-refractivity contribution in [2.24, 2.45) is 5.73 Å². The number of hydrogen-bond donors (Lipinski definition) is 2. The molecule has 3 N–H and O–H groups in total. The van der Waals surface area contributed by atoms with Crippen molar-refractivity contribution in [1.82, 2.24) is 15.5 Å². The minimum Gasteiger partial charge on any atom is -0.485 e. The van der Waals surface area contributed by atoms with Crippen LogP contribution < -0.4 is 15.8 Å². The molecule has 28 heavy (non-hydrogen) atoms. The van der Waals surface area contributed by atoms with E-state index in [4.69, 9.17) is 15.0 Å². The van der Waals surface area contributed by atoms with E-state index >= 15 is 0 Å². The summed E-state index contributed by atoms with van der Waals surface area (Å²) in [6.45, 7) is 1.85. The van der Waals surface area contributed by atoms with Crippen LogP contribution in [0.3, 0.4) is 0 Å². The van der Waals surface area contributed by atoms with Gasteiger partial charge in [-0.3, -0.25) is 9.59 Å². The van der Waals surface area contributed by atoms with Crippen molar-refractivity contribution in [3.8, 4) is 5.75 Å². The number of benzene rings is 2. The molecule has 0 saturated heterocycles. The summed E-state index contributed by atoms with van der Waals surface area (Å²) in [4.78, 5) is 28.2. The summed E-state index contributed by atoms with van der Waals surface area (Å²) >= 11 is 0. The minimum atomic E-state index is -0.799.